The molecular formula is C28H24ClFN4O2S. The smallest absolute Gasteiger partial charge is 0.262 e. The van der Waals surface area contributed by atoms with E-state index < -0.39 is 5.25 Å². The van der Waals surface area contributed by atoms with E-state index in [2.05, 4.69) is 10.3 Å². The molecule has 2 heterocycles. The summed E-state index contributed by atoms with van der Waals surface area (Å²) < 4.78 is 13.5. The van der Waals surface area contributed by atoms with E-state index in [1.54, 1.807) is 29.3 Å². The molecule has 0 aliphatic carbocycles. The van der Waals surface area contributed by atoms with Crippen molar-refractivity contribution in [2.45, 2.75) is 38.0 Å². The van der Waals surface area contributed by atoms with E-state index >= 15 is 0 Å². The van der Waals surface area contributed by atoms with Gasteiger partial charge in [-0.3, -0.25) is 9.59 Å². The molecule has 0 saturated heterocycles. The van der Waals surface area contributed by atoms with Gasteiger partial charge in [-0.25, -0.2) is 9.40 Å². The first-order chi connectivity index (χ1) is 17.8. The molecule has 2 atom stereocenters. The van der Waals surface area contributed by atoms with Gasteiger partial charge in [0.2, 0.25) is 5.91 Å². The largest absolute Gasteiger partial charge is 0.326 e. The lowest BCUT2D eigenvalue weighted by molar-refractivity contribution is -0.121. The third kappa shape index (κ3) is 5.60. The average Bonchev–Trinajstić information content (AvgIpc) is 3.46. The summed E-state index contributed by atoms with van der Waals surface area (Å²) in [6.07, 6.45) is 0.543. The molecule has 37 heavy (non-hydrogen) atoms. The van der Waals surface area contributed by atoms with Crippen LogP contribution in [0.3, 0.4) is 0 Å². The van der Waals surface area contributed by atoms with E-state index in [1.807, 2.05) is 44.2 Å². The van der Waals surface area contributed by atoms with Gasteiger partial charge in [-0.1, -0.05) is 71.4 Å². The van der Waals surface area contributed by atoms with Gasteiger partial charge >= 0.3 is 0 Å². The number of aliphatic imine (C=N–C) groups is 1. The molecule has 0 aromatic heterocycles. The van der Waals surface area contributed by atoms with Crippen LogP contribution in [-0.4, -0.2) is 33.0 Å². The van der Waals surface area contributed by atoms with Gasteiger partial charge in [0, 0.05) is 23.6 Å². The summed E-state index contributed by atoms with van der Waals surface area (Å²) in [5.41, 5.74) is 5.23. The number of rotatable bonds is 5. The molecule has 0 bridgehead atoms. The fourth-order valence-corrected chi connectivity index (χ4v) is 5.45. The van der Waals surface area contributed by atoms with Crippen molar-refractivity contribution in [3.05, 3.63) is 99.8 Å². The lowest BCUT2D eigenvalue weighted by Gasteiger charge is -2.23. The van der Waals surface area contributed by atoms with Crippen molar-refractivity contribution in [1.29, 1.82) is 0 Å². The Labute approximate surface area is 223 Å². The minimum absolute atomic E-state index is 0.0282. The van der Waals surface area contributed by atoms with Gasteiger partial charge in [-0.2, -0.15) is 10.1 Å². The molecule has 9 heteroatoms. The Hall–Kier alpha value is -3.49. The maximum absolute atomic E-state index is 13.5. The second-order valence-electron chi connectivity index (χ2n) is 9.08. The van der Waals surface area contributed by atoms with E-state index in [0.717, 1.165) is 28.0 Å². The number of hydrogen-bond donors (Lipinski definition) is 1. The molecule has 6 nitrogen and oxygen atoms in total. The molecule has 0 radical (unpaired) electrons. The SMILES string of the molecule is Cc1ccc([C@@H]2CC(c3ccc(F)cc3)=NN2C2=NC(=O)[C@@H](CC(=O)Nc3ccc(C)c(Cl)c3)S2)cc1. The maximum atomic E-state index is 13.5. The van der Waals surface area contributed by atoms with Crippen molar-refractivity contribution in [2.24, 2.45) is 10.1 Å². The van der Waals surface area contributed by atoms with Crippen LogP contribution in [0.2, 0.25) is 5.02 Å². The number of anilines is 1. The Morgan fingerprint density at radius 1 is 1.11 bits per heavy atom. The monoisotopic (exact) mass is 534 g/mol. The number of aryl methyl sites for hydroxylation is 2. The van der Waals surface area contributed by atoms with E-state index in [9.17, 15) is 14.0 Å². The number of hydrazone groups is 1. The number of nitrogens with zero attached hydrogens (tertiary/aromatic N) is 3. The number of benzene rings is 3. The van der Waals surface area contributed by atoms with Crippen LogP contribution in [0.5, 0.6) is 0 Å². The van der Waals surface area contributed by atoms with Crippen molar-refractivity contribution in [3.63, 3.8) is 0 Å². The van der Waals surface area contributed by atoms with E-state index in [1.165, 1.54) is 23.9 Å². The second kappa shape index (κ2) is 10.5. The maximum Gasteiger partial charge on any atom is 0.262 e. The van der Waals surface area contributed by atoms with Crippen LogP contribution in [0.1, 0.15) is 41.1 Å². The van der Waals surface area contributed by atoms with Crippen molar-refractivity contribution in [2.75, 3.05) is 5.32 Å². The fourth-order valence-electron chi connectivity index (χ4n) is 4.21. The van der Waals surface area contributed by atoms with Crippen LogP contribution < -0.4 is 5.32 Å². The highest BCUT2D eigenvalue weighted by molar-refractivity contribution is 8.15. The Morgan fingerprint density at radius 3 is 2.54 bits per heavy atom. The number of hydrogen-bond acceptors (Lipinski definition) is 5. The van der Waals surface area contributed by atoms with Crippen molar-refractivity contribution >= 4 is 51.7 Å². The Bertz CT molecular complexity index is 1420. The van der Waals surface area contributed by atoms with Gasteiger partial charge in [0.15, 0.2) is 5.17 Å². The molecule has 2 amide bonds. The number of carbonyl (C=O) groups is 2. The molecule has 3 aromatic carbocycles. The molecule has 5 rings (SSSR count). The highest BCUT2D eigenvalue weighted by Gasteiger charge is 2.39. The fraction of sp³-hybridized carbons (Fsp3) is 0.214. The predicted molar refractivity (Wildman–Crippen MR) is 147 cm³/mol. The highest BCUT2D eigenvalue weighted by atomic mass is 35.5. The Morgan fingerprint density at radius 2 is 1.84 bits per heavy atom. The first kappa shape index (κ1) is 25.2. The molecule has 0 unspecified atom stereocenters. The Balaban J connectivity index is 1.34. The molecular weight excluding hydrogens is 511 g/mol. The van der Waals surface area contributed by atoms with Crippen LogP contribution in [0.4, 0.5) is 10.1 Å². The lowest BCUT2D eigenvalue weighted by atomic mass is 9.98. The number of nitrogens with one attached hydrogen (secondary N) is 1. The van der Waals surface area contributed by atoms with Crippen LogP contribution in [0, 0.1) is 19.7 Å². The first-order valence-corrected chi connectivity index (χ1v) is 13.1. The summed E-state index contributed by atoms with van der Waals surface area (Å²) in [5.74, 6) is -0.982. The first-order valence-electron chi connectivity index (χ1n) is 11.8. The van der Waals surface area contributed by atoms with Gasteiger partial charge in [0.1, 0.15) is 11.1 Å². The minimum atomic E-state index is -0.653. The molecule has 2 aliphatic heterocycles. The van der Waals surface area contributed by atoms with Gasteiger partial charge in [0.25, 0.3) is 5.91 Å². The summed E-state index contributed by atoms with van der Waals surface area (Å²) in [6, 6.07) is 19.4. The summed E-state index contributed by atoms with van der Waals surface area (Å²) >= 11 is 7.39. The zero-order chi connectivity index (χ0) is 26.1. The van der Waals surface area contributed by atoms with E-state index in [4.69, 9.17) is 16.7 Å². The van der Waals surface area contributed by atoms with Crippen LogP contribution in [0.15, 0.2) is 76.8 Å². The third-order valence-corrected chi connectivity index (χ3v) is 7.85. The van der Waals surface area contributed by atoms with Crippen molar-refractivity contribution < 1.29 is 14.0 Å². The van der Waals surface area contributed by atoms with Gasteiger partial charge in [0.05, 0.1) is 11.8 Å². The summed E-state index contributed by atoms with van der Waals surface area (Å²) in [6.45, 7) is 3.90. The standard InChI is InChI=1S/C28H24ClFN4O2S/c1-16-3-6-19(7-4-16)24-14-23(18-8-10-20(30)11-9-18)33-34(24)28-32-27(36)25(37-28)15-26(35)31-21-12-5-17(2)22(29)13-21/h3-13,24-25H,14-15H2,1-2H3,(H,31,35)/t24-,25+/m0/s1. The predicted octanol–water partition coefficient (Wildman–Crippen LogP) is 6.27. The zero-order valence-corrected chi connectivity index (χ0v) is 21.8. The van der Waals surface area contributed by atoms with Crippen LogP contribution in [0.25, 0.3) is 0 Å². The average molecular weight is 535 g/mol. The van der Waals surface area contributed by atoms with Gasteiger partial charge < -0.3 is 5.32 Å². The molecule has 1 N–H and O–H groups in total. The minimum Gasteiger partial charge on any atom is -0.326 e. The third-order valence-electron chi connectivity index (χ3n) is 6.30. The topological polar surface area (TPSA) is 74.1 Å². The molecule has 2 aliphatic rings. The molecule has 3 aromatic rings. The van der Waals surface area contributed by atoms with Crippen LogP contribution >= 0.6 is 23.4 Å². The number of carbonyl (C=O) groups excluding carboxylic acids is 2. The van der Waals surface area contributed by atoms with Crippen molar-refractivity contribution in [1.82, 2.24) is 5.01 Å². The molecule has 188 valence electrons. The number of amides is 2. The van der Waals surface area contributed by atoms with Gasteiger partial charge in [-0.05, 0) is 54.8 Å². The normalized spacial score (nSPS) is 19.1. The summed E-state index contributed by atoms with van der Waals surface area (Å²) in [4.78, 5) is 29.7. The highest BCUT2D eigenvalue weighted by Crippen LogP contribution is 2.38. The quantitative estimate of drug-likeness (QED) is 0.418. The van der Waals surface area contributed by atoms with Gasteiger partial charge in [-0.15, -0.1) is 0 Å². The number of thioether (sulfide) groups is 1. The van der Waals surface area contributed by atoms with Crippen LogP contribution in [-0.2, 0) is 9.59 Å². The lowest BCUT2D eigenvalue weighted by Crippen LogP contribution is -2.25. The number of amidine groups is 1. The summed E-state index contributed by atoms with van der Waals surface area (Å²) in [5, 5.41) is 9.70. The molecule has 0 spiro atoms. The molecule has 0 saturated carbocycles. The molecule has 0 fully saturated rings. The summed E-state index contributed by atoms with van der Waals surface area (Å²) in [7, 11) is 0. The van der Waals surface area contributed by atoms with Crippen molar-refractivity contribution in [3.8, 4) is 0 Å². The van der Waals surface area contributed by atoms with E-state index in [-0.39, 0.29) is 30.1 Å². The second-order valence-corrected chi connectivity index (χ2v) is 10.7. The zero-order valence-electron chi connectivity index (χ0n) is 20.2. The van der Waals surface area contributed by atoms with E-state index in [0.29, 0.717) is 22.3 Å². The number of halogens is 2. The Kier molecular flexibility index (Phi) is 7.13.